The molecule has 2 aromatic heterocycles. The van der Waals surface area contributed by atoms with E-state index in [1.165, 1.54) is 5.56 Å². The highest BCUT2D eigenvalue weighted by molar-refractivity contribution is 7.14. The molecule has 0 radical (unpaired) electrons. The second-order valence-corrected chi connectivity index (χ2v) is 9.26. The molecule has 0 amide bonds. The minimum absolute atomic E-state index is 0.309. The Kier molecular flexibility index (Phi) is 5.09. The van der Waals surface area contributed by atoms with Gasteiger partial charge in [0.2, 0.25) is 6.79 Å². The van der Waals surface area contributed by atoms with Crippen LogP contribution in [0.3, 0.4) is 0 Å². The molecule has 0 bridgehead atoms. The fourth-order valence-corrected chi connectivity index (χ4v) is 5.34. The van der Waals surface area contributed by atoms with E-state index in [9.17, 15) is 0 Å². The van der Waals surface area contributed by atoms with Gasteiger partial charge in [0.05, 0.1) is 15.4 Å². The summed E-state index contributed by atoms with van der Waals surface area (Å²) in [6.07, 6.45) is 0. The maximum atomic E-state index is 6.39. The lowest BCUT2D eigenvalue weighted by Gasteiger charge is -2.36. The maximum Gasteiger partial charge on any atom is 0.231 e. The third-order valence-corrected chi connectivity index (χ3v) is 7.26. The summed E-state index contributed by atoms with van der Waals surface area (Å²) in [6, 6.07) is 16.3. The van der Waals surface area contributed by atoms with E-state index in [1.54, 1.807) is 11.3 Å². The predicted octanol–water partition coefficient (Wildman–Crippen LogP) is 5.06. The number of aromatic nitrogens is 2. The Morgan fingerprint density at radius 3 is 2.62 bits per heavy atom. The van der Waals surface area contributed by atoms with Crippen molar-refractivity contribution in [3.63, 3.8) is 0 Å². The highest BCUT2D eigenvalue weighted by atomic mass is 35.5. The largest absolute Gasteiger partial charge is 0.454 e. The summed E-state index contributed by atoms with van der Waals surface area (Å²) < 4.78 is 10.9. The van der Waals surface area contributed by atoms with Crippen LogP contribution in [-0.4, -0.2) is 47.8 Å². The molecule has 8 heteroatoms. The van der Waals surface area contributed by atoms with Crippen LogP contribution >= 0.6 is 22.9 Å². The highest BCUT2D eigenvalue weighted by Crippen LogP contribution is 2.35. The van der Waals surface area contributed by atoms with Crippen LogP contribution in [0.1, 0.15) is 5.56 Å². The molecule has 0 unspecified atom stereocenters. The van der Waals surface area contributed by atoms with Crippen LogP contribution in [0.4, 0.5) is 5.82 Å². The summed E-state index contributed by atoms with van der Waals surface area (Å²) in [5.41, 5.74) is 2.18. The second-order valence-electron chi connectivity index (χ2n) is 7.94. The van der Waals surface area contributed by atoms with Gasteiger partial charge in [0, 0.05) is 38.1 Å². The van der Waals surface area contributed by atoms with Crippen molar-refractivity contribution in [3.05, 3.63) is 64.5 Å². The summed E-state index contributed by atoms with van der Waals surface area (Å²) in [5, 5.41) is 3.75. The van der Waals surface area contributed by atoms with E-state index in [1.807, 2.05) is 35.7 Å². The molecule has 2 aromatic carbocycles. The van der Waals surface area contributed by atoms with E-state index in [2.05, 4.69) is 28.0 Å². The summed E-state index contributed by atoms with van der Waals surface area (Å²) in [4.78, 5) is 15.5. The molecule has 4 heterocycles. The first kappa shape index (κ1) is 19.8. The molecule has 0 spiro atoms. The SMILES string of the molecule is Clc1ccsc1-c1nc(N2CCN(Cc3ccc4c(c3)OCO4)CC2)c2ccccc2n1. The average molecular weight is 465 g/mol. The van der Waals surface area contributed by atoms with Crippen molar-refractivity contribution >= 4 is 39.7 Å². The number of halogens is 1. The summed E-state index contributed by atoms with van der Waals surface area (Å²) in [7, 11) is 0. The molecular formula is C24H21ClN4O2S. The molecular weight excluding hydrogens is 444 g/mol. The number of anilines is 1. The molecule has 6 nitrogen and oxygen atoms in total. The Balaban J connectivity index is 1.23. The first-order chi connectivity index (χ1) is 15.7. The van der Waals surface area contributed by atoms with Gasteiger partial charge in [-0.3, -0.25) is 4.90 Å². The number of thiophene rings is 1. The Morgan fingerprint density at radius 1 is 0.938 bits per heavy atom. The van der Waals surface area contributed by atoms with E-state index in [0.29, 0.717) is 17.6 Å². The third kappa shape index (κ3) is 3.66. The molecule has 0 aliphatic carbocycles. The van der Waals surface area contributed by atoms with Crippen molar-refractivity contribution in [3.8, 4) is 22.2 Å². The number of benzene rings is 2. The number of hydrogen-bond donors (Lipinski definition) is 0. The van der Waals surface area contributed by atoms with Crippen LogP contribution in [0.2, 0.25) is 5.02 Å². The maximum absolute atomic E-state index is 6.39. The van der Waals surface area contributed by atoms with Crippen molar-refractivity contribution < 1.29 is 9.47 Å². The first-order valence-corrected chi connectivity index (χ1v) is 11.9. The van der Waals surface area contributed by atoms with Crippen LogP contribution in [0.5, 0.6) is 11.5 Å². The van der Waals surface area contributed by atoms with Gasteiger partial charge in [-0.05, 0) is 41.3 Å². The van der Waals surface area contributed by atoms with Crippen LogP contribution in [0.15, 0.2) is 53.9 Å². The van der Waals surface area contributed by atoms with Crippen molar-refractivity contribution in [2.75, 3.05) is 37.9 Å². The van der Waals surface area contributed by atoms with E-state index < -0.39 is 0 Å². The number of ether oxygens (including phenoxy) is 2. The second kappa shape index (κ2) is 8.24. The Bertz CT molecular complexity index is 1290. The molecule has 162 valence electrons. The molecule has 0 atom stereocenters. The number of hydrogen-bond acceptors (Lipinski definition) is 7. The summed E-state index contributed by atoms with van der Waals surface area (Å²) >= 11 is 7.96. The lowest BCUT2D eigenvalue weighted by atomic mass is 10.1. The van der Waals surface area contributed by atoms with Crippen molar-refractivity contribution in [1.29, 1.82) is 0 Å². The molecule has 2 aliphatic rings. The van der Waals surface area contributed by atoms with Crippen molar-refractivity contribution in [2.24, 2.45) is 0 Å². The normalized spacial score (nSPS) is 16.1. The Morgan fingerprint density at radius 2 is 1.78 bits per heavy atom. The van der Waals surface area contributed by atoms with E-state index in [-0.39, 0.29) is 0 Å². The molecule has 0 N–H and O–H groups in total. The van der Waals surface area contributed by atoms with Gasteiger partial charge in [0.15, 0.2) is 17.3 Å². The fraction of sp³-hybridized carbons (Fsp3) is 0.250. The Labute approximate surface area is 195 Å². The summed E-state index contributed by atoms with van der Waals surface area (Å²) in [5.74, 6) is 3.35. The van der Waals surface area contributed by atoms with Gasteiger partial charge in [-0.15, -0.1) is 11.3 Å². The monoisotopic (exact) mass is 464 g/mol. The van der Waals surface area contributed by atoms with Gasteiger partial charge in [-0.2, -0.15) is 0 Å². The van der Waals surface area contributed by atoms with Gasteiger partial charge in [-0.1, -0.05) is 29.8 Å². The zero-order valence-corrected chi connectivity index (χ0v) is 18.9. The van der Waals surface area contributed by atoms with Crippen molar-refractivity contribution in [2.45, 2.75) is 6.54 Å². The molecule has 1 saturated heterocycles. The lowest BCUT2D eigenvalue weighted by molar-refractivity contribution is 0.174. The van der Waals surface area contributed by atoms with E-state index in [4.69, 9.17) is 31.0 Å². The minimum atomic E-state index is 0.309. The zero-order chi connectivity index (χ0) is 21.5. The summed E-state index contributed by atoms with van der Waals surface area (Å²) in [6.45, 7) is 4.93. The third-order valence-electron chi connectivity index (χ3n) is 5.92. The predicted molar refractivity (Wildman–Crippen MR) is 128 cm³/mol. The van der Waals surface area contributed by atoms with Crippen molar-refractivity contribution in [1.82, 2.24) is 14.9 Å². The van der Waals surface area contributed by atoms with Gasteiger partial charge in [0.1, 0.15) is 5.82 Å². The van der Waals surface area contributed by atoms with E-state index in [0.717, 1.165) is 65.8 Å². The van der Waals surface area contributed by atoms with E-state index >= 15 is 0 Å². The van der Waals surface area contributed by atoms with Gasteiger partial charge in [0.25, 0.3) is 0 Å². The number of para-hydroxylation sites is 1. The molecule has 1 fully saturated rings. The smallest absolute Gasteiger partial charge is 0.231 e. The van der Waals surface area contributed by atoms with Gasteiger partial charge in [-0.25, -0.2) is 9.97 Å². The highest BCUT2D eigenvalue weighted by Gasteiger charge is 2.23. The minimum Gasteiger partial charge on any atom is -0.454 e. The average Bonchev–Trinajstić information content (AvgIpc) is 3.47. The standard InChI is InChI=1S/C24H21ClN4O2S/c25-18-7-12-32-22(18)23-26-19-4-2-1-3-17(19)24(27-23)29-10-8-28(9-11-29)14-16-5-6-20-21(13-16)31-15-30-20/h1-7,12-13H,8-11,14-15H2. The van der Waals surface area contributed by atoms with Crippen LogP contribution < -0.4 is 14.4 Å². The number of rotatable bonds is 4. The molecule has 4 aromatic rings. The Hall–Kier alpha value is -2.87. The zero-order valence-electron chi connectivity index (χ0n) is 17.3. The molecule has 2 aliphatic heterocycles. The molecule has 6 rings (SSSR count). The van der Waals surface area contributed by atoms with Crippen LogP contribution in [-0.2, 0) is 6.54 Å². The molecule has 0 saturated carbocycles. The quantitative estimate of drug-likeness (QED) is 0.420. The fourth-order valence-electron chi connectivity index (χ4n) is 4.27. The van der Waals surface area contributed by atoms with Gasteiger partial charge >= 0.3 is 0 Å². The van der Waals surface area contributed by atoms with Crippen LogP contribution in [0.25, 0.3) is 21.6 Å². The number of fused-ring (bicyclic) bond motifs is 2. The topological polar surface area (TPSA) is 50.7 Å². The molecule has 32 heavy (non-hydrogen) atoms. The number of nitrogens with zero attached hydrogens (tertiary/aromatic N) is 4. The van der Waals surface area contributed by atoms with Gasteiger partial charge < -0.3 is 14.4 Å². The first-order valence-electron chi connectivity index (χ1n) is 10.6. The lowest BCUT2D eigenvalue weighted by Crippen LogP contribution is -2.46. The van der Waals surface area contributed by atoms with Crippen LogP contribution in [0, 0.1) is 0 Å². The number of piperazine rings is 1.